The first-order chi connectivity index (χ1) is 11.9. The smallest absolute Gasteiger partial charge is 0.325 e. The molecule has 0 unspecified atom stereocenters. The van der Waals surface area contributed by atoms with Crippen molar-refractivity contribution in [3.63, 3.8) is 0 Å². The number of ether oxygens (including phenoxy) is 1. The Balaban J connectivity index is 1.56. The lowest BCUT2D eigenvalue weighted by Crippen LogP contribution is -2.41. The van der Waals surface area contributed by atoms with Crippen molar-refractivity contribution in [2.75, 3.05) is 45.2 Å². The fourth-order valence-corrected chi connectivity index (χ4v) is 2.91. The highest BCUT2D eigenvalue weighted by molar-refractivity contribution is 6.03. The van der Waals surface area contributed by atoms with Crippen LogP contribution in [0.5, 0.6) is 5.75 Å². The van der Waals surface area contributed by atoms with Crippen molar-refractivity contribution in [2.45, 2.75) is 12.5 Å². The Bertz CT molecular complexity index is 693. The number of nitrogens with zero attached hydrogens (tertiary/aromatic N) is 4. The summed E-state index contributed by atoms with van der Waals surface area (Å²) in [5.41, 5.74) is 0. The number of urea groups is 1. The quantitative estimate of drug-likeness (QED) is 0.734. The van der Waals surface area contributed by atoms with Crippen LogP contribution in [0.4, 0.5) is 10.6 Å². The van der Waals surface area contributed by atoms with E-state index in [0.717, 1.165) is 5.82 Å². The molecule has 9 heteroatoms. The van der Waals surface area contributed by atoms with E-state index < -0.39 is 6.03 Å². The molecule has 3 heterocycles. The van der Waals surface area contributed by atoms with Crippen molar-refractivity contribution in [3.8, 4) is 5.75 Å². The molecule has 3 rings (SSSR count). The molecule has 1 N–H and O–H groups in total. The number of amides is 4. The maximum absolute atomic E-state index is 12.3. The van der Waals surface area contributed by atoms with E-state index in [1.165, 1.54) is 4.90 Å². The maximum Gasteiger partial charge on any atom is 0.325 e. The molecule has 0 bridgehead atoms. The zero-order chi connectivity index (χ0) is 18.0. The standard InChI is InChI=1S/C16H21N5O4/c1-19(2)15-12(4-3-6-17-15)25-11-5-7-20(8-11)14(23)10-21-9-13(22)18-16(21)24/h3-4,6,11H,5,7-10H2,1-2H3,(H,18,22,24)/t11-/m1/s1. The van der Waals surface area contributed by atoms with Crippen molar-refractivity contribution in [2.24, 2.45) is 0 Å². The molecule has 2 aliphatic heterocycles. The zero-order valence-corrected chi connectivity index (χ0v) is 14.3. The van der Waals surface area contributed by atoms with Crippen LogP contribution in [-0.2, 0) is 9.59 Å². The maximum atomic E-state index is 12.3. The van der Waals surface area contributed by atoms with E-state index in [0.29, 0.717) is 25.3 Å². The molecule has 2 aliphatic rings. The van der Waals surface area contributed by atoms with E-state index >= 15 is 0 Å². The van der Waals surface area contributed by atoms with Crippen LogP contribution in [0.3, 0.4) is 0 Å². The minimum Gasteiger partial charge on any atom is -0.485 e. The second kappa shape index (κ2) is 6.96. The van der Waals surface area contributed by atoms with Crippen molar-refractivity contribution < 1.29 is 19.1 Å². The third-order valence-electron chi connectivity index (χ3n) is 4.16. The Morgan fingerprint density at radius 1 is 1.44 bits per heavy atom. The largest absolute Gasteiger partial charge is 0.485 e. The molecule has 25 heavy (non-hydrogen) atoms. The van der Waals surface area contributed by atoms with Crippen molar-refractivity contribution in [1.82, 2.24) is 20.1 Å². The fraction of sp³-hybridized carbons (Fsp3) is 0.500. The van der Waals surface area contributed by atoms with E-state index in [-0.39, 0.29) is 31.0 Å². The van der Waals surface area contributed by atoms with Gasteiger partial charge in [0.2, 0.25) is 11.8 Å². The molecule has 0 aliphatic carbocycles. The number of pyridine rings is 1. The predicted octanol–water partition coefficient (Wildman–Crippen LogP) is -0.321. The number of imide groups is 1. The van der Waals surface area contributed by atoms with E-state index in [2.05, 4.69) is 10.3 Å². The molecule has 2 saturated heterocycles. The summed E-state index contributed by atoms with van der Waals surface area (Å²) in [6, 6.07) is 3.15. The Morgan fingerprint density at radius 3 is 2.92 bits per heavy atom. The van der Waals surface area contributed by atoms with Crippen molar-refractivity contribution in [3.05, 3.63) is 18.3 Å². The van der Waals surface area contributed by atoms with Crippen LogP contribution in [0.15, 0.2) is 18.3 Å². The summed E-state index contributed by atoms with van der Waals surface area (Å²) in [5, 5.41) is 2.16. The van der Waals surface area contributed by atoms with Gasteiger partial charge in [-0.05, 0) is 12.1 Å². The summed E-state index contributed by atoms with van der Waals surface area (Å²) in [7, 11) is 3.78. The van der Waals surface area contributed by atoms with Gasteiger partial charge < -0.3 is 19.4 Å². The molecule has 134 valence electrons. The highest BCUT2D eigenvalue weighted by Crippen LogP contribution is 2.26. The van der Waals surface area contributed by atoms with Crippen LogP contribution < -0.4 is 15.0 Å². The summed E-state index contributed by atoms with van der Waals surface area (Å²) in [6.07, 6.45) is 2.29. The summed E-state index contributed by atoms with van der Waals surface area (Å²) in [6.45, 7) is 0.842. The van der Waals surface area contributed by atoms with Gasteiger partial charge in [0.1, 0.15) is 19.2 Å². The lowest BCUT2D eigenvalue weighted by molar-refractivity contribution is -0.131. The fourth-order valence-electron chi connectivity index (χ4n) is 2.91. The Kier molecular flexibility index (Phi) is 4.73. The number of anilines is 1. The second-order valence-electron chi connectivity index (χ2n) is 6.30. The molecule has 0 spiro atoms. The number of aromatic nitrogens is 1. The number of carbonyl (C=O) groups is 3. The predicted molar refractivity (Wildman–Crippen MR) is 89.3 cm³/mol. The van der Waals surface area contributed by atoms with E-state index in [1.54, 1.807) is 11.1 Å². The Morgan fingerprint density at radius 2 is 2.24 bits per heavy atom. The van der Waals surface area contributed by atoms with Gasteiger partial charge in [0.15, 0.2) is 11.6 Å². The van der Waals surface area contributed by atoms with Crippen molar-refractivity contribution in [1.29, 1.82) is 0 Å². The van der Waals surface area contributed by atoms with Crippen LogP contribution in [-0.4, -0.2) is 79.0 Å². The summed E-state index contributed by atoms with van der Waals surface area (Å²) >= 11 is 0. The first-order valence-corrected chi connectivity index (χ1v) is 8.09. The summed E-state index contributed by atoms with van der Waals surface area (Å²) in [4.78, 5) is 44.1. The van der Waals surface area contributed by atoms with Gasteiger partial charge in [-0.15, -0.1) is 0 Å². The average molecular weight is 347 g/mol. The molecule has 1 aromatic rings. The van der Waals surface area contributed by atoms with E-state index in [1.807, 2.05) is 31.1 Å². The van der Waals surface area contributed by atoms with Gasteiger partial charge in [-0.1, -0.05) is 0 Å². The summed E-state index contributed by atoms with van der Waals surface area (Å²) in [5.74, 6) is 0.846. The molecule has 1 atom stereocenters. The number of likely N-dealkylation sites (tertiary alicyclic amines) is 1. The van der Waals surface area contributed by atoms with Gasteiger partial charge in [0, 0.05) is 33.3 Å². The molecular formula is C16H21N5O4. The topological polar surface area (TPSA) is 95.1 Å². The van der Waals surface area contributed by atoms with Gasteiger partial charge in [-0.2, -0.15) is 0 Å². The zero-order valence-electron chi connectivity index (χ0n) is 14.3. The monoisotopic (exact) mass is 347 g/mol. The van der Waals surface area contributed by atoms with Gasteiger partial charge in [-0.3, -0.25) is 14.9 Å². The van der Waals surface area contributed by atoms with Gasteiger partial charge in [0.05, 0.1) is 6.54 Å². The summed E-state index contributed by atoms with van der Waals surface area (Å²) < 4.78 is 6.01. The van der Waals surface area contributed by atoms with Gasteiger partial charge >= 0.3 is 6.03 Å². The second-order valence-corrected chi connectivity index (χ2v) is 6.30. The molecule has 4 amide bonds. The molecule has 9 nitrogen and oxygen atoms in total. The minimum absolute atomic E-state index is 0.0692. The highest BCUT2D eigenvalue weighted by Gasteiger charge is 2.33. The highest BCUT2D eigenvalue weighted by atomic mass is 16.5. The Hall–Kier alpha value is -2.84. The first-order valence-electron chi connectivity index (χ1n) is 8.09. The van der Waals surface area contributed by atoms with Gasteiger partial charge in [-0.25, -0.2) is 9.78 Å². The molecule has 1 aromatic heterocycles. The Labute approximate surface area is 145 Å². The van der Waals surface area contributed by atoms with Crippen LogP contribution in [0.25, 0.3) is 0 Å². The average Bonchev–Trinajstić information content (AvgIpc) is 3.14. The third kappa shape index (κ3) is 3.81. The van der Waals surface area contributed by atoms with E-state index in [9.17, 15) is 14.4 Å². The molecule has 0 radical (unpaired) electrons. The van der Waals surface area contributed by atoms with Crippen LogP contribution >= 0.6 is 0 Å². The lowest BCUT2D eigenvalue weighted by Gasteiger charge is -2.21. The molecule has 0 saturated carbocycles. The normalized spacial score (nSPS) is 20.0. The SMILES string of the molecule is CN(C)c1ncccc1O[C@@H]1CCN(C(=O)CN2CC(=O)NC2=O)C1. The molecule has 2 fully saturated rings. The van der Waals surface area contributed by atoms with Gasteiger partial charge in [0.25, 0.3) is 0 Å². The van der Waals surface area contributed by atoms with E-state index in [4.69, 9.17) is 4.74 Å². The van der Waals surface area contributed by atoms with Crippen LogP contribution in [0.2, 0.25) is 0 Å². The number of hydrogen-bond donors (Lipinski definition) is 1. The molecular weight excluding hydrogens is 326 g/mol. The lowest BCUT2D eigenvalue weighted by atomic mass is 10.3. The van der Waals surface area contributed by atoms with Crippen LogP contribution in [0, 0.1) is 0 Å². The number of rotatable bonds is 5. The molecule has 0 aromatic carbocycles. The van der Waals surface area contributed by atoms with Crippen LogP contribution in [0.1, 0.15) is 6.42 Å². The number of nitrogens with one attached hydrogen (secondary N) is 1. The number of hydrogen-bond acceptors (Lipinski definition) is 6. The van der Waals surface area contributed by atoms with Crippen molar-refractivity contribution >= 4 is 23.7 Å². The number of carbonyl (C=O) groups excluding carboxylic acids is 3. The minimum atomic E-state index is -0.517. The first kappa shape index (κ1) is 17.0. The third-order valence-corrected chi connectivity index (χ3v) is 4.16.